The predicted molar refractivity (Wildman–Crippen MR) is 191 cm³/mol. The highest BCUT2D eigenvalue weighted by molar-refractivity contribution is 6.30. The van der Waals surface area contributed by atoms with Gasteiger partial charge in [0.15, 0.2) is 0 Å². The summed E-state index contributed by atoms with van der Waals surface area (Å²) in [6, 6.07) is 58.6. The summed E-state index contributed by atoms with van der Waals surface area (Å²) in [4.78, 5) is 0. The van der Waals surface area contributed by atoms with Crippen LogP contribution in [-0.4, -0.2) is 0 Å². The third-order valence-electron chi connectivity index (χ3n) is 9.77. The number of hydrogen-bond acceptors (Lipinski definition) is 0. The lowest BCUT2D eigenvalue weighted by atomic mass is 9.82. The summed E-state index contributed by atoms with van der Waals surface area (Å²) < 4.78 is 0. The van der Waals surface area contributed by atoms with Gasteiger partial charge in [-0.2, -0.15) is 0 Å². The highest BCUT2D eigenvalue weighted by Crippen LogP contribution is 2.48. The Labute approximate surface area is 254 Å². The normalized spacial score (nSPS) is 12.1. The van der Waals surface area contributed by atoms with E-state index in [-0.39, 0.29) is 0 Å². The van der Waals surface area contributed by atoms with E-state index in [9.17, 15) is 0 Å². The summed E-state index contributed by atoms with van der Waals surface area (Å²) in [5.41, 5.74) is 5.19. The van der Waals surface area contributed by atoms with E-state index >= 15 is 0 Å². The Kier molecular flexibility index (Phi) is 4.81. The van der Waals surface area contributed by atoms with Crippen molar-refractivity contribution in [3.05, 3.63) is 158 Å². The van der Waals surface area contributed by atoms with Gasteiger partial charge in [0.1, 0.15) is 0 Å². The number of hydrogen-bond donors (Lipinski definition) is 0. The van der Waals surface area contributed by atoms with Crippen LogP contribution in [0.2, 0.25) is 0 Å². The Morgan fingerprint density at radius 2 is 0.682 bits per heavy atom. The topological polar surface area (TPSA) is 0 Å². The van der Waals surface area contributed by atoms with Crippen LogP contribution in [0.25, 0.3) is 97.7 Å². The molecule has 0 amide bonds. The Morgan fingerprint density at radius 1 is 0.227 bits per heavy atom. The van der Waals surface area contributed by atoms with Gasteiger partial charge in [-0.15, -0.1) is 0 Å². The molecule has 0 saturated heterocycles. The number of benzene rings is 10. The third-order valence-corrected chi connectivity index (χ3v) is 9.77. The minimum atomic E-state index is 1.27. The average molecular weight is 555 g/mol. The highest BCUT2D eigenvalue weighted by Gasteiger charge is 2.21. The molecule has 0 N–H and O–H groups in total. The maximum absolute atomic E-state index is 2.40. The molecule has 0 unspecified atom stereocenters. The van der Waals surface area contributed by atoms with Gasteiger partial charge in [-0.25, -0.2) is 0 Å². The standard InChI is InChI=1S/C44H26/c1-2-13-31-30(10-1)26-40(33-15-4-3-14-32(31)33)44-36-18-7-5-16-34(36)43(35-17-6-8-19-37(35)44)39-25-23-29-21-20-27-11-9-12-28-22-24-38(39)42(29)41(27)28/h1-26H. The minimum Gasteiger partial charge on any atom is -0.0616 e. The molecule has 0 nitrogen and oxygen atoms in total. The van der Waals surface area contributed by atoms with Gasteiger partial charge in [0, 0.05) is 0 Å². The Hall–Kier alpha value is -5.72. The first-order valence-corrected chi connectivity index (χ1v) is 15.4. The first kappa shape index (κ1) is 23.8. The van der Waals surface area contributed by atoms with Gasteiger partial charge in [0.25, 0.3) is 0 Å². The summed E-state index contributed by atoms with van der Waals surface area (Å²) in [5, 5.41) is 18.2. The third kappa shape index (κ3) is 3.17. The van der Waals surface area contributed by atoms with Gasteiger partial charge < -0.3 is 0 Å². The largest absolute Gasteiger partial charge is 0.0616 e. The molecule has 10 aromatic carbocycles. The molecule has 0 bridgehead atoms. The lowest BCUT2D eigenvalue weighted by molar-refractivity contribution is 1.70. The Bertz CT molecular complexity index is 2690. The zero-order chi connectivity index (χ0) is 28.8. The van der Waals surface area contributed by atoms with Crippen molar-refractivity contribution in [2.45, 2.75) is 0 Å². The lowest BCUT2D eigenvalue weighted by Crippen LogP contribution is -1.93. The summed E-state index contributed by atoms with van der Waals surface area (Å²) in [6.07, 6.45) is 0. The molecule has 0 fully saturated rings. The fourth-order valence-corrected chi connectivity index (χ4v) is 7.92. The van der Waals surface area contributed by atoms with Crippen molar-refractivity contribution in [1.29, 1.82) is 0 Å². The van der Waals surface area contributed by atoms with Crippen molar-refractivity contribution >= 4 is 75.4 Å². The SMILES string of the molecule is c1ccc2c(c1)cc(-c1c3ccccc3c(-c3ccc4ccc5cccc6ccc3c4c56)c3ccccc13)c1ccccc12. The molecule has 0 aliphatic heterocycles. The monoisotopic (exact) mass is 554 g/mol. The van der Waals surface area contributed by atoms with Crippen LogP contribution in [0.15, 0.2) is 158 Å². The van der Waals surface area contributed by atoms with Crippen molar-refractivity contribution in [2.24, 2.45) is 0 Å². The molecule has 0 heteroatoms. The van der Waals surface area contributed by atoms with Crippen LogP contribution in [0.5, 0.6) is 0 Å². The van der Waals surface area contributed by atoms with E-state index in [2.05, 4.69) is 158 Å². The predicted octanol–water partition coefficient (Wildman–Crippen LogP) is 12.5. The molecule has 0 spiro atoms. The molecule has 0 aromatic heterocycles. The summed E-state index contributed by atoms with van der Waals surface area (Å²) in [7, 11) is 0. The van der Waals surface area contributed by atoms with Crippen molar-refractivity contribution in [1.82, 2.24) is 0 Å². The van der Waals surface area contributed by atoms with Crippen LogP contribution in [-0.2, 0) is 0 Å². The molecule has 0 aliphatic rings. The molecule has 10 rings (SSSR count). The average Bonchev–Trinajstić information content (AvgIpc) is 3.09. The van der Waals surface area contributed by atoms with E-state index < -0.39 is 0 Å². The van der Waals surface area contributed by atoms with Gasteiger partial charge in [0.05, 0.1) is 0 Å². The molecular formula is C44H26. The summed E-state index contributed by atoms with van der Waals surface area (Å²) in [6.45, 7) is 0. The first-order valence-electron chi connectivity index (χ1n) is 15.4. The molecule has 0 saturated carbocycles. The first-order chi connectivity index (χ1) is 21.8. The minimum absolute atomic E-state index is 1.27. The van der Waals surface area contributed by atoms with Crippen LogP contribution >= 0.6 is 0 Å². The second-order valence-electron chi connectivity index (χ2n) is 12.0. The van der Waals surface area contributed by atoms with Crippen LogP contribution in [0, 0.1) is 0 Å². The van der Waals surface area contributed by atoms with Gasteiger partial charge in [0.2, 0.25) is 0 Å². The number of rotatable bonds is 2. The van der Waals surface area contributed by atoms with E-state index in [0.29, 0.717) is 0 Å². The zero-order valence-corrected chi connectivity index (χ0v) is 24.0. The van der Waals surface area contributed by atoms with E-state index in [0.717, 1.165) is 0 Å². The Morgan fingerprint density at radius 3 is 1.34 bits per heavy atom. The summed E-state index contributed by atoms with van der Waals surface area (Å²) >= 11 is 0. The van der Waals surface area contributed by atoms with E-state index in [4.69, 9.17) is 0 Å². The quantitative estimate of drug-likeness (QED) is 0.147. The van der Waals surface area contributed by atoms with Gasteiger partial charge >= 0.3 is 0 Å². The maximum atomic E-state index is 2.40. The molecule has 0 atom stereocenters. The highest BCUT2D eigenvalue weighted by atomic mass is 14.2. The van der Waals surface area contributed by atoms with Crippen LogP contribution in [0.3, 0.4) is 0 Å². The van der Waals surface area contributed by atoms with Crippen LogP contribution in [0.1, 0.15) is 0 Å². The van der Waals surface area contributed by atoms with E-state index in [1.165, 1.54) is 97.7 Å². The molecule has 0 heterocycles. The van der Waals surface area contributed by atoms with Gasteiger partial charge in [-0.1, -0.05) is 152 Å². The molecule has 0 radical (unpaired) electrons. The molecule has 0 aliphatic carbocycles. The molecule has 10 aromatic rings. The van der Waals surface area contributed by atoms with Crippen molar-refractivity contribution < 1.29 is 0 Å². The van der Waals surface area contributed by atoms with Crippen LogP contribution < -0.4 is 0 Å². The molecular weight excluding hydrogens is 528 g/mol. The summed E-state index contributed by atoms with van der Waals surface area (Å²) in [5.74, 6) is 0. The second-order valence-corrected chi connectivity index (χ2v) is 12.0. The second kappa shape index (κ2) is 8.89. The zero-order valence-electron chi connectivity index (χ0n) is 24.0. The number of fused-ring (bicyclic) bond motifs is 5. The Balaban J connectivity index is 1.39. The fraction of sp³-hybridized carbons (Fsp3) is 0. The van der Waals surface area contributed by atoms with Crippen molar-refractivity contribution in [2.75, 3.05) is 0 Å². The lowest BCUT2D eigenvalue weighted by Gasteiger charge is -2.21. The molecule has 202 valence electrons. The smallest absolute Gasteiger partial charge is 0.00199 e. The van der Waals surface area contributed by atoms with Gasteiger partial charge in [-0.3, -0.25) is 0 Å². The van der Waals surface area contributed by atoms with E-state index in [1.807, 2.05) is 0 Å². The van der Waals surface area contributed by atoms with Crippen LogP contribution in [0.4, 0.5) is 0 Å². The van der Waals surface area contributed by atoms with Gasteiger partial charge in [-0.05, 0) is 104 Å². The van der Waals surface area contributed by atoms with E-state index in [1.54, 1.807) is 0 Å². The van der Waals surface area contributed by atoms with Crippen molar-refractivity contribution in [3.8, 4) is 22.3 Å². The molecule has 44 heavy (non-hydrogen) atoms. The van der Waals surface area contributed by atoms with Crippen molar-refractivity contribution in [3.63, 3.8) is 0 Å². The maximum Gasteiger partial charge on any atom is -0.00199 e. The fourth-order valence-electron chi connectivity index (χ4n) is 7.92.